The third-order valence-electron chi connectivity index (χ3n) is 5.57. The van der Waals surface area contributed by atoms with Gasteiger partial charge in [0.05, 0.1) is 24.6 Å². The van der Waals surface area contributed by atoms with E-state index < -0.39 is 15.6 Å². The summed E-state index contributed by atoms with van der Waals surface area (Å²) in [6.45, 7) is 0. The van der Waals surface area contributed by atoms with Crippen LogP contribution in [0.4, 0.5) is 5.69 Å². The Bertz CT molecular complexity index is 1200. The topological polar surface area (TPSA) is 77.4 Å². The van der Waals surface area contributed by atoms with Gasteiger partial charge in [-0.05, 0) is 48.2 Å². The van der Waals surface area contributed by atoms with Gasteiger partial charge in [-0.2, -0.15) is 0 Å². The molecule has 2 aromatic carbocycles. The van der Waals surface area contributed by atoms with E-state index in [1.54, 1.807) is 24.3 Å². The minimum Gasteiger partial charge on any atom is -0.467 e. The van der Waals surface area contributed by atoms with Gasteiger partial charge in [-0.3, -0.25) is 4.72 Å². The van der Waals surface area contributed by atoms with Crippen molar-refractivity contribution in [2.24, 2.45) is 5.92 Å². The van der Waals surface area contributed by atoms with Gasteiger partial charge in [-0.15, -0.1) is 0 Å². The Balaban J connectivity index is 1.97. The van der Waals surface area contributed by atoms with E-state index in [1.807, 2.05) is 35.0 Å². The molecule has 0 amide bonds. The zero-order chi connectivity index (χ0) is 21.5. The number of carbonyl (C=O) groups excluding carboxylic acids is 1. The molecule has 1 heterocycles. The van der Waals surface area contributed by atoms with Gasteiger partial charge in [0.2, 0.25) is 10.0 Å². The Labute approximate surface area is 180 Å². The molecule has 8 heteroatoms. The van der Waals surface area contributed by atoms with Crippen molar-refractivity contribution in [3.63, 3.8) is 0 Å². The van der Waals surface area contributed by atoms with Gasteiger partial charge in [-0.1, -0.05) is 42.6 Å². The number of fused-ring (bicyclic) bond motifs is 1. The number of sulfonamides is 1. The molecule has 30 heavy (non-hydrogen) atoms. The Morgan fingerprint density at radius 3 is 2.50 bits per heavy atom. The first-order valence-corrected chi connectivity index (χ1v) is 11.9. The van der Waals surface area contributed by atoms with E-state index in [1.165, 1.54) is 7.11 Å². The van der Waals surface area contributed by atoms with Gasteiger partial charge in [0.15, 0.2) is 5.54 Å². The zero-order valence-corrected chi connectivity index (χ0v) is 18.3. The van der Waals surface area contributed by atoms with E-state index in [9.17, 15) is 13.2 Å². The number of hydrogen-bond donors (Lipinski definition) is 1. The number of anilines is 1. The third kappa shape index (κ3) is 3.79. The maximum Gasteiger partial charge on any atom is 0.336 e. The molecule has 1 saturated carbocycles. The lowest BCUT2D eigenvalue weighted by Gasteiger charge is -2.34. The van der Waals surface area contributed by atoms with Crippen molar-refractivity contribution in [1.82, 2.24) is 4.57 Å². The second-order valence-corrected chi connectivity index (χ2v) is 9.99. The number of rotatable bonds is 7. The molecule has 1 aliphatic carbocycles. The summed E-state index contributed by atoms with van der Waals surface area (Å²) in [4.78, 5) is 13.4. The minimum absolute atomic E-state index is 0.365. The molecule has 0 aliphatic heterocycles. The standard InChI is InChI=1S/C22H23ClN2O4S/c1-29-21(26)22(14-15-6-7-15,16-8-10-17(23)11-9-16)25-13-12-18-19(24-30(2,27)28)4-3-5-20(18)25/h3-5,8-13,15,24H,6-7,14H2,1-2H3. The van der Waals surface area contributed by atoms with E-state index in [2.05, 4.69) is 4.72 Å². The Kier molecular flexibility index (Phi) is 5.28. The summed E-state index contributed by atoms with van der Waals surface area (Å²) in [6, 6.07) is 14.4. The highest BCUT2D eigenvalue weighted by Crippen LogP contribution is 2.45. The van der Waals surface area contributed by atoms with Crippen molar-refractivity contribution in [2.45, 2.75) is 24.8 Å². The maximum absolute atomic E-state index is 13.4. The van der Waals surface area contributed by atoms with Crippen LogP contribution in [0.5, 0.6) is 0 Å². The molecule has 1 N–H and O–H groups in total. The quantitative estimate of drug-likeness (QED) is 0.546. The number of nitrogens with one attached hydrogen (secondary N) is 1. The predicted octanol–water partition coefficient (Wildman–Crippen LogP) is 4.38. The second kappa shape index (κ2) is 7.63. The average Bonchev–Trinajstić information content (AvgIpc) is 3.41. The van der Waals surface area contributed by atoms with Crippen LogP contribution < -0.4 is 4.72 Å². The van der Waals surface area contributed by atoms with Crippen LogP contribution in [0.2, 0.25) is 5.02 Å². The number of hydrogen-bond acceptors (Lipinski definition) is 4. The number of esters is 1. The highest BCUT2D eigenvalue weighted by molar-refractivity contribution is 7.92. The maximum atomic E-state index is 13.4. The number of ether oxygens (including phenoxy) is 1. The fourth-order valence-corrected chi connectivity index (χ4v) is 4.78. The number of benzene rings is 2. The molecule has 1 unspecified atom stereocenters. The SMILES string of the molecule is COC(=O)C(CC1CC1)(c1ccc(Cl)cc1)n1ccc2c(NS(C)(=O)=O)cccc21. The van der Waals surface area contributed by atoms with Crippen molar-refractivity contribution in [1.29, 1.82) is 0 Å². The van der Waals surface area contributed by atoms with Crippen molar-refractivity contribution in [2.75, 3.05) is 18.1 Å². The van der Waals surface area contributed by atoms with Gasteiger partial charge >= 0.3 is 5.97 Å². The first-order valence-electron chi connectivity index (χ1n) is 9.67. The molecule has 0 radical (unpaired) electrons. The zero-order valence-electron chi connectivity index (χ0n) is 16.8. The van der Waals surface area contributed by atoms with Gasteiger partial charge in [-0.25, -0.2) is 13.2 Å². The summed E-state index contributed by atoms with van der Waals surface area (Å²) in [5, 5.41) is 1.29. The summed E-state index contributed by atoms with van der Waals surface area (Å²) in [7, 11) is -2.06. The number of nitrogens with zero attached hydrogens (tertiary/aromatic N) is 1. The molecule has 0 spiro atoms. The molecule has 1 atom stereocenters. The van der Waals surface area contributed by atoms with Crippen LogP contribution in [0.1, 0.15) is 24.8 Å². The predicted molar refractivity (Wildman–Crippen MR) is 118 cm³/mol. The Morgan fingerprint density at radius 2 is 1.90 bits per heavy atom. The lowest BCUT2D eigenvalue weighted by molar-refractivity contribution is -0.149. The van der Waals surface area contributed by atoms with Crippen LogP contribution in [0.25, 0.3) is 10.9 Å². The molecule has 1 aliphatic rings. The van der Waals surface area contributed by atoms with Crippen LogP contribution in [0.3, 0.4) is 0 Å². The van der Waals surface area contributed by atoms with E-state index >= 15 is 0 Å². The van der Waals surface area contributed by atoms with Crippen molar-refractivity contribution in [3.05, 3.63) is 65.3 Å². The number of carbonyl (C=O) groups is 1. The van der Waals surface area contributed by atoms with Gasteiger partial charge in [0.1, 0.15) is 0 Å². The summed E-state index contributed by atoms with van der Waals surface area (Å²) < 4.78 is 33.4. The molecule has 4 rings (SSSR count). The Hall–Kier alpha value is -2.51. The molecule has 1 aromatic heterocycles. The third-order valence-corrected chi connectivity index (χ3v) is 6.41. The van der Waals surface area contributed by atoms with Crippen LogP contribution in [0.15, 0.2) is 54.7 Å². The highest BCUT2D eigenvalue weighted by Gasteiger charge is 2.47. The van der Waals surface area contributed by atoms with Crippen LogP contribution in [-0.2, 0) is 25.1 Å². The molecule has 0 bridgehead atoms. The van der Waals surface area contributed by atoms with E-state index in [0.717, 1.165) is 30.2 Å². The molecule has 1 fully saturated rings. The fourth-order valence-electron chi connectivity index (χ4n) is 4.08. The highest BCUT2D eigenvalue weighted by atomic mass is 35.5. The van der Waals surface area contributed by atoms with Gasteiger partial charge < -0.3 is 9.30 Å². The van der Waals surface area contributed by atoms with Gasteiger partial charge in [0, 0.05) is 16.6 Å². The summed E-state index contributed by atoms with van der Waals surface area (Å²) in [5.74, 6) is 0.0465. The summed E-state index contributed by atoms with van der Waals surface area (Å²) in [5.41, 5.74) is 0.913. The lowest BCUT2D eigenvalue weighted by Crippen LogP contribution is -2.44. The molecule has 0 saturated heterocycles. The largest absolute Gasteiger partial charge is 0.467 e. The van der Waals surface area contributed by atoms with E-state index in [-0.39, 0.29) is 5.97 Å². The van der Waals surface area contributed by atoms with Crippen LogP contribution in [0, 0.1) is 5.92 Å². The summed E-state index contributed by atoms with van der Waals surface area (Å²) >= 11 is 6.11. The van der Waals surface area contributed by atoms with Crippen LogP contribution in [-0.4, -0.2) is 32.3 Å². The minimum atomic E-state index is -3.45. The van der Waals surface area contributed by atoms with Crippen molar-refractivity contribution >= 4 is 44.2 Å². The first kappa shape index (κ1) is 20.8. The molecule has 158 valence electrons. The van der Waals surface area contributed by atoms with Crippen molar-refractivity contribution in [3.8, 4) is 0 Å². The van der Waals surface area contributed by atoms with Crippen molar-refractivity contribution < 1.29 is 17.9 Å². The van der Waals surface area contributed by atoms with Gasteiger partial charge in [0.25, 0.3) is 0 Å². The number of halogens is 1. The second-order valence-electron chi connectivity index (χ2n) is 7.80. The monoisotopic (exact) mass is 446 g/mol. The molecular formula is C22H23ClN2O4S. The average molecular weight is 447 g/mol. The fraction of sp³-hybridized carbons (Fsp3) is 0.318. The van der Waals surface area contributed by atoms with Crippen LogP contribution >= 0.6 is 11.6 Å². The smallest absolute Gasteiger partial charge is 0.336 e. The summed E-state index contributed by atoms with van der Waals surface area (Å²) in [6.07, 6.45) is 5.65. The molecule has 6 nitrogen and oxygen atoms in total. The molecule has 3 aromatic rings. The molecular weight excluding hydrogens is 424 g/mol. The normalized spacial score (nSPS) is 16.2. The van der Waals surface area contributed by atoms with E-state index in [4.69, 9.17) is 16.3 Å². The Morgan fingerprint density at radius 1 is 1.20 bits per heavy atom. The first-order chi connectivity index (χ1) is 14.2. The number of aromatic nitrogens is 1. The number of methoxy groups -OCH3 is 1. The van der Waals surface area contributed by atoms with E-state index in [0.29, 0.717) is 28.4 Å². The lowest BCUT2D eigenvalue weighted by atomic mass is 9.84.